The average molecular weight is 267 g/mol. The van der Waals surface area contributed by atoms with E-state index in [-0.39, 0.29) is 23.6 Å². The summed E-state index contributed by atoms with van der Waals surface area (Å²) in [5.74, 6) is 0.0172. The van der Waals surface area contributed by atoms with Gasteiger partial charge in [0.2, 0.25) is 11.8 Å². The SMILES string of the molecule is O=C(CCl)NCc1cccc(NC(=O)C2CC2)c1. The molecular weight excluding hydrogens is 252 g/mol. The zero-order chi connectivity index (χ0) is 13.0. The van der Waals surface area contributed by atoms with E-state index in [2.05, 4.69) is 10.6 Å². The molecule has 2 rings (SSSR count). The van der Waals surface area contributed by atoms with Crippen LogP contribution in [0.15, 0.2) is 24.3 Å². The Labute approximate surface area is 111 Å². The van der Waals surface area contributed by atoms with Crippen LogP contribution in [-0.4, -0.2) is 17.7 Å². The van der Waals surface area contributed by atoms with Crippen LogP contribution in [0, 0.1) is 5.92 Å². The fraction of sp³-hybridized carbons (Fsp3) is 0.385. The van der Waals surface area contributed by atoms with Gasteiger partial charge < -0.3 is 10.6 Å². The van der Waals surface area contributed by atoms with Crippen molar-refractivity contribution in [3.63, 3.8) is 0 Å². The minimum atomic E-state index is -0.205. The first-order valence-electron chi connectivity index (χ1n) is 5.91. The summed E-state index contributed by atoms with van der Waals surface area (Å²) in [6.07, 6.45) is 1.97. The molecule has 1 fully saturated rings. The van der Waals surface area contributed by atoms with Crippen molar-refractivity contribution in [1.29, 1.82) is 0 Å². The van der Waals surface area contributed by atoms with Crippen LogP contribution >= 0.6 is 11.6 Å². The second-order valence-corrected chi connectivity index (χ2v) is 4.64. The van der Waals surface area contributed by atoms with E-state index in [4.69, 9.17) is 11.6 Å². The van der Waals surface area contributed by atoms with Gasteiger partial charge in [-0.1, -0.05) is 12.1 Å². The molecule has 0 saturated heterocycles. The van der Waals surface area contributed by atoms with E-state index < -0.39 is 0 Å². The highest BCUT2D eigenvalue weighted by Gasteiger charge is 2.29. The lowest BCUT2D eigenvalue weighted by molar-refractivity contribution is -0.119. The Bertz CT molecular complexity index is 458. The second-order valence-electron chi connectivity index (χ2n) is 4.37. The van der Waals surface area contributed by atoms with E-state index in [0.29, 0.717) is 6.54 Å². The molecule has 1 saturated carbocycles. The predicted molar refractivity (Wildman–Crippen MR) is 70.4 cm³/mol. The molecule has 0 heterocycles. The molecule has 2 N–H and O–H groups in total. The Balaban J connectivity index is 1.91. The zero-order valence-corrected chi connectivity index (χ0v) is 10.7. The molecule has 0 unspecified atom stereocenters. The van der Waals surface area contributed by atoms with E-state index in [9.17, 15) is 9.59 Å². The van der Waals surface area contributed by atoms with Crippen molar-refractivity contribution in [2.24, 2.45) is 5.92 Å². The number of benzene rings is 1. The first-order chi connectivity index (χ1) is 8.69. The lowest BCUT2D eigenvalue weighted by Crippen LogP contribution is -2.23. The van der Waals surface area contributed by atoms with Gasteiger partial charge in [-0.2, -0.15) is 0 Å². The van der Waals surface area contributed by atoms with Gasteiger partial charge in [0.1, 0.15) is 5.88 Å². The van der Waals surface area contributed by atoms with Crippen molar-refractivity contribution in [3.05, 3.63) is 29.8 Å². The van der Waals surface area contributed by atoms with Crippen molar-refractivity contribution in [1.82, 2.24) is 5.32 Å². The summed E-state index contributed by atoms with van der Waals surface area (Å²) >= 11 is 5.39. The number of carbonyl (C=O) groups excluding carboxylic acids is 2. The molecule has 4 nitrogen and oxygen atoms in total. The zero-order valence-electron chi connectivity index (χ0n) is 9.91. The maximum Gasteiger partial charge on any atom is 0.235 e. The molecule has 0 aliphatic heterocycles. The quantitative estimate of drug-likeness (QED) is 0.800. The lowest BCUT2D eigenvalue weighted by atomic mass is 10.2. The fourth-order valence-electron chi connectivity index (χ4n) is 1.60. The summed E-state index contributed by atoms with van der Waals surface area (Å²) in [6.45, 7) is 0.415. The fourth-order valence-corrected chi connectivity index (χ4v) is 1.69. The Morgan fingerprint density at radius 3 is 2.78 bits per heavy atom. The molecule has 96 valence electrons. The van der Waals surface area contributed by atoms with Gasteiger partial charge in [0.25, 0.3) is 0 Å². The summed E-state index contributed by atoms with van der Waals surface area (Å²) < 4.78 is 0. The van der Waals surface area contributed by atoms with Crippen molar-refractivity contribution in [2.75, 3.05) is 11.2 Å². The topological polar surface area (TPSA) is 58.2 Å². The third-order valence-electron chi connectivity index (χ3n) is 2.75. The minimum absolute atomic E-state index is 0.0435. The first kappa shape index (κ1) is 12.9. The van der Waals surface area contributed by atoms with E-state index in [1.165, 1.54) is 0 Å². The molecule has 0 aromatic heterocycles. The Hall–Kier alpha value is -1.55. The van der Waals surface area contributed by atoms with Crippen LogP contribution in [-0.2, 0) is 16.1 Å². The summed E-state index contributed by atoms with van der Waals surface area (Å²) in [5.41, 5.74) is 1.70. The number of hydrogen-bond donors (Lipinski definition) is 2. The van der Waals surface area contributed by atoms with Crippen LogP contribution < -0.4 is 10.6 Å². The third-order valence-corrected chi connectivity index (χ3v) is 3.00. The monoisotopic (exact) mass is 266 g/mol. The van der Waals surface area contributed by atoms with E-state index in [1.54, 1.807) is 0 Å². The third kappa shape index (κ3) is 3.74. The molecule has 18 heavy (non-hydrogen) atoms. The van der Waals surface area contributed by atoms with Gasteiger partial charge in [0.05, 0.1) is 0 Å². The lowest BCUT2D eigenvalue weighted by Gasteiger charge is -2.07. The normalized spacial score (nSPS) is 14.1. The van der Waals surface area contributed by atoms with Gasteiger partial charge >= 0.3 is 0 Å². The van der Waals surface area contributed by atoms with E-state index in [0.717, 1.165) is 24.1 Å². The number of anilines is 1. The number of rotatable bonds is 5. The van der Waals surface area contributed by atoms with Crippen molar-refractivity contribution < 1.29 is 9.59 Å². The maximum absolute atomic E-state index is 11.6. The Morgan fingerprint density at radius 2 is 2.11 bits per heavy atom. The number of alkyl halides is 1. The number of nitrogens with one attached hydrogen (secondary N) is 2. The molecule has 0 spiro atoms. The van der Waals surface area contributed by atoms with Gasteiger partial charge in [0.15, 0.2) is 0 Å². The Kier molecular flexibility index (Phi) is 4.20. The summed E-state index contributed by atoms with van der Waals surface area (Å²) in [4.78, 5) is 22.6. The second kappa shape index (κ2) is 5.87. The van der Waals surface area contributed by atoms with Crippen molar-refractivity contribution in [2.45, 2.75) is 19.4 Å². The van der Waals surface area contributed by atoms with Crippen LogP contribution in [0.2, 0.25) is 0 Å². The van der Waals surface area contributed by atoms with Crippen LogP contribution in [0.3, 0.4) is 0 Å². The molecule has 0 atom stereocenters. The van der Waals surface area contributed by atoms with E-state index in [1.807, 2.05) is 24.3 Å². The number of carbonyl (C=O) groups is 2. The van der Waals surface area contributed by atoms with Gasteiger partial charge in [-0.05, 0) is 30.5 Å². The van der Waals surface area contributed by atoms with Crippen LogP contribution in [0.5, 0.6) is 0 Å². The van der Waals surface area contributed by atoms with Crippen LogP contribution in [0.1, 0.15) is 18.4 Å². The molecule has 1 aromatic carbocycles. The molecule has 1 aliphatic carbocycles. The van der Waals surface area contributed by atoms with Gasteiger partial charge in [0, 0.05) is 18.2 Å². The van der Waals surface area contributed by atoms with Crippen LogP contribution in [0.4, 0.5) is 5.69 Å². The van der Waals surface area contributed by atoms with Crippen molar-refractivity contribution in [3.8, 4) is 0 Å². The smallest absolute Gasteiger partial charge is 0.235 e. The first-order valence-corrected chi connectivity index (χ1v) is 6.45. The molecule has 2 amide bonds. The largest absolute Gasteiger partial charge is 0.351 e. The summed E-state index contributed by atoms with van der Waals surface area (Å²) in [6, 6.07) is 7.44. The average Bonchev–Trinajstić information content (AvgIpc) is 3.20. The van der Waals surface area contributed by atoms with E-state index >= 15 is 0 Å². The van der Waals surface area contributed by atoms with Gasteiger partial charge in [-0.25, -0.2) is 0 Å². The van der Waals surface area contributed by atoms with Crippen molar-refractivity contribution >= 4 is 29.1 Å². The Morgan fingerprint density at radius 1 is 1.33 bits per heavy atom. The van der Waals surface area contributed by atoms with Gasteiger partial charge in [-0.15, -0.1) is 11.6 Å². The molecule has 0 bridgehead atoms. The highest BCUT2D eigenvalue weighted by molar-refractivity contribution is 6.27. The molecule has 1 aromatic rings. The summed E-state index contributed by atoms with van der Waals surface area (Å²) in [7, 11) is 0. The highest BCUT2D eigenvalue weighted by Crippen LogP contribution is 2.30. The highest BCUT2D eigenvalue weighted by atomic mass is 35.5. The molecule has 5 heteroatoms. The standard InChI is InChI=1S/C13H15ClN2O2/c14-7-12(17)15-8-9-2-1-3-11(6-9)16-13(18)10-4-5-10/h1-3,6,10H,4-5,7-8H2,(H,15,17)(H,16,18). The number of halogens is 1. The molecule has 0 radical (unpaired) electrons. The predicted octanol–water partition coefficient (Wildman–Crippen LogP) is 1.89. The van der Waals surface area contributed by atoms with Crippen LogP contribution in [0.25, 0.3) is 0 Å². The molecular formula is C13H15ClN2O2. The maximum atomic E-state index is 11.6. The van der Waals surface area contributed by atoms with Gasteiger partial charge in [-0.3, -0.25) is 9.59 Å². The molecule has 1 aliphatic rings. The number of amides is 2. The number of hydrogen-bond acceptors (Lipinski definition) is 2. The minimum Gasteiger partial charge on any atom is -0.351 e. The summed E-state index contributed by atoms with van der Waals surface area (Å²) in [5, 5.41) is 5.55.